The number of rotatable bonds is 1. The molecule has 126 valence electrons. The summed E-state index contributed by atoms with van der Waals surface area (Å²) in [4.78, 5) is 0. The molecule has 2 heterocycles. The summed E-state index contributed by atoms with van der Waals surface area (Å²) in [5.41, 5.74) is 4.78. The SMILES string of the molecule is COc1cc2c(c(C)c1O)CC1OC2C(C)c2cc(O)c(O)cc21. The van der Waals surface area contributed by atoms with E-state index in [1.807, 2.05) is 19.9 Å². The van der Waals surface area contributed by atoms with E-state index >= 15 is 0 Å². The van der Waals surface area contributed by atoms with Gasteiger partial charge >= 0.3 is 0 Å². The molecule has 0 fully saturated rings. The first-order valence-corrected chi connectivity index (χ1v) is 8.03. The Morgan fingerprint density at radius 2 is 1.71 bits per heavy atom. The highest BCUT2D eigenvalue weighted by atomic mass is 16.5. The van der Waals surface area contributed by atoms with E-state index in [-0.39, 0.29) is 35.4 Å². The number of benzene rings is 2. The van der Waals surface area contributed by atoms with Crippen molar-refractivity contribution in [3.8, 4) is 23.0 Å². The molecule has 3 unspecified atom stereocenters. The number of hydrogen-bond donors (Lipinski definition) is 3. The lowest BCUT2D eigenvalue weighted by Crippen LogP contribution is -2.30. The van der Waals surface area contributed by atoms with Crippen LogP contribution in [-0.4, -0.2) is 22.4 Å². The zero-order valence-electron chi connectivity index (χ0n) is 13.8. The van der Waals surface area contributed by atoms with Crippen molar-refractivity contribution in [2.24, 2.45) is 0 Å². The average Bonchev–Trinajstić information content (AvgIpc) is 2.57. The third-order valence-corrected chi connectivity index (χ3v) is 5.37. The number of aromatic hydroxyl groups is 3. The first-order valence-electron chi connectivity index (χ1n) is 8.03. The molecule has 5 heteroatoms. The first kappa shape index (κ1) is 15.1. The lowest BCUT2D eigenvalue weighted by molar-refractivity contribution is -0.0533. The summed E-state index contributed by atoms with van der Waals surface area (Å²) in [5.74, 6) is 0.372. The number of ether oxygens (including phenoxy) is 2. The van der Waals surface area contributed by atoms with E-state index in [9.17, 15) is 15.3 Å². The van der Waals surface area contributed by atoms with Crippen LogP contribution in [0.15, 0.2) is 18.2 Å². The van der Waals surface area contributed by atoms with Crippen LogP contribution in [0.3, 0.4) is 0 Å². The van der Waals surface area contributed by atoms with Gasteiger partial charge in [0.15, 0.2) is 23.0 Å². The second-order valence-corrected chi connectivity index (χ2v) is 6.63. The van der Waals surface area contributed by atoms with Gasteiger partial charge in [-0.3, -0.25) is 0 Å². The van der Waals surface area contributed by atoms with E-state index in [2.05, 4.69) is 0 Å². The molecule has 2 aliphatic rings. The van der Waals surface area contributed by atoms with Gasteiger partial charge in [0.25, 0.3) is 0 Å². The van der Waals surface area contributed by atoms with E-state index in [0.29, 0.717) is 12.2 Å². The molecule has 2 aromatic carbocycles. The van der Waals surface area contributed by atoms with Crippen LogP contribution in [0, 0.1) is 6.92 Å². The zero-order valence-corrected chi connectivity index (χ0v) is 13.8. The molecule has 0 saturated carbocycles. The fourth-order valence-electron chi connectivity index (χ4n) is 4.02. The van der Waals surface area contributed by atoms with Gasteiger partial charge in [-0.1, -0.05) is 6.92 Å². The van der Waals surface area contributed by atoms with E-state index < -0.39 is 0 Å². The molecule has 24 heavy (non-hydrogen) atoms. The summed E-state index contributed by atoms with van der Waals surface area (Å²) in [5, 5.41) is 30.0. The lowest BCUT2D eigenvalue weighted by atomic mass is 9.75. The second kappa shape index (κ2) is 5.05. The van der Waals surface area contributed by atoms with Crippen molar-refractivity contribution >= 4 is 0 Å². The van der Waals surface area contributed by atoms with Crippen molar-refractivity contribution in [1.82, 2.24) is 0 Å². The van der Waals surface area contributed by atoms with E-state index in [1.54, 1.807) is 12.1 Å². The van der Waals surface area contributed by atoms with Gasteiger partial charge < -0.3 is 24.8 Å². The number of hydrogen-bond acceptors (Lipinski definition) is 5. The fourth-order valence-corrected chi connectivity index (χ4v) is 4.02. The number of phenolic OH excluding ortho intramolecular Hbond substituents is 3. The van der Waals surface area contributed by atoms with Crippen LogP contribution in [0.1, 0.15) is 52.9 Å². The maximum Gasteiger partial charge on any atom is 0.161 e. The molecular weight excluding hydrogens is 308 g/mol. The number of phenols is 3. The van der Waals surface area contributed by atoms with Gasteiger partial charge in [-0.2, -0.15) is 0 Å². The summed E-state index contributed by atoms with van der Waals surface area (Å²) >= 11 is 0. The van der Waals surface area contributed by atoms with Crippen LogP contribution >= 0.6 is 0 Å². The van der Waals surface area contributed by atoms with Crippen LogP contribution in [0.2, 0.25) is 0 Å². The van der Waals surface area contributed by atoms with Crippen LogP contribution in [0.4, 0.5) is 0 Å². The maximum atomic E-state index is 10.3. The minimum atomic E-state index is -0.202. The summed E-state index contributed by atoms with van der Waals surface area (Å²) < 4.78 is 11.5. The first-order chi connectivity index (χ1) is 11.4. The molecule has 0 saturated heterocycles. The van der Waals surface area contributed by atoms with Crippen LogP contribution in [0.25, 0.3) is 0 Å². The van der Waals surface area contributed by atoms with Crippen molar-refractivity contribution in [3.05, 3.63) is 46.0 Å². The topological polar surface area (TPSA) is 79.2 Å². The van der Waals surface area contributed by atoms with Crippen LogP contribution < -0.4 is 4.74 Å². The smallest absolute Gasteiger partial charge is 0.161 e. The van der Waals surface area contributed by atoms with Crippen molar-refractivity contribution in [2.75, 3.05) is 7.11 Å². The number of fused-ring (bicyclic) bond motifs is 6. The molecule has 0 spiro atoms. The minimum Gasteiger partial charge on any atom is -0.504 e. The van der Waals surface area contributed by atoms with Crippen LogP contribution in [-0.2, 0) is 11.2 Å². The van der Waals surface area contributed by atoms with Crippen molar-refractivity contribution in [3.63, 3.8) is 0 Å². The van der Waals surface area contributed by atoms with Gasteiger partial charge in [0.05, 0.1) is 19.3 Å². The normalized spacial score (nSPS) is 24.2. The van der Waals surface area contributed by atoms with Gasteiger partial charge in [0, 0.05) is 12.3 Å². The molecule has 0 amide bonds. The van der Waals surface area contributed by atoms with E-state index in [1.165, 1.54) is 7.11 Å². The maximum absolute atomic E-state index is 10.3. The van der Waals surface area contributed by atoms with Crippen LogP contribution in [0.5, 0.6) is 23.0 Å². The summed E-state index contributed by atoms with van der Waals surface area (Å²) in [7, 11) is 1.54. The Kier molecular flexibility index (Phi) is 3.18. The molecule has 0 radical (unpaired) electrons. The average molecular weight is 328 g/mol. The molecule has 2 aromatic rings. The fraction of sp³-hybridized carbons (Fsp3) is 0.368. The molecule has 3 atom stereocenters. The van der Waals surface area contributed by atoms with Gasteiger partial charge in [0.2, 0.25) is 0 Å². The quantitative estimate of drug-likeness (QED) is 0.697. The molecule has 4 rings (SSSR count). The highest BCUT2D eigenvalue weighted by Gasteiger charge is 2.41. The Labute approximate surface area is 140 Å². The predicted octanol–water partition coefficient (Wildman–Crippen LogP) is 3.59. The molecule has 2 aliphatic heterocycles. The Bertz CT molecular complexity index is 842. The third kappa shape index (κ3) is 1.91. The minimum absolute atomic E-state index is 0.00967. The molecule has 0 aliphatic carbocycles. The Morgan fingerprint density at radius 3 is 2.38 bits per heavy atom. The summed E-state index contributed by atoms with van der Waals surface area (Å²) in [6.45, 7) is 3.93. The number of methoxy groups -OCH3 is 1. The highest BCUT2D eigenvalue weighted by Crippen LogP contribution is 2.54. The molecule has 0 aromatic heterocycles. The largest absolute Gasteiger partial charge is 0.504 e. The monoisotopic (exact) mass is 328 g/mol. The molecular formula is C19H20O5. The van der Waals surface area contributed by atoms with Gasteiger partial charge in [-0.15, -0.1) is 0 Å². The predicted molar refractivity (Wildman–Crippen MR) is 87.9 cm³/mol. The van der Waals surface area contributed by atoms with E-state index in [0.717, 1.165) is 27.8 Å². The standard InChI is InChI=1S/C19H20O5/c1-8-11-6-16-12-5-15(21)14(20)4-10(12)9(2)19(24-16)13(11)7-17(23-3)18(8)22/h4-5,7,9,16,19-22H,6H2,1-3H3. The summed E-state index contributed by atoms with van der Waals surface area (Å²) in [6, 6.07) is 5.07. The second-order valence-electron chi connectivity index (χ2n) is 6.63. The van der Waals surface area contributed by atoms with Gasteiger partial charge in [0.1, 0.15) is 0 Å². The zero-order chi connectivity index (χ0) is 17.2. The Hall–Kier alpha value is -2.40. The van der Waals surface area contributed by atoms with Crippen molar-refractivity contribution in [2.45, 2.75) is 38.4 Å². The summed E-state index contributed by atoms with van der Waals surface area (Å²) in [6.07, 6.45) is 0.231. The lowest BCUT2D eigenvalue weighted by Gasteiger charge is -2.42. The molecule has 2 bridgehead atoms. The van der Waals surface area contributed by atoms with E-state index in [4.69, 9.17) is 9.47 Å². The van der Waals surface area contributed by atoms with Gasteiger partial charge in [-0.05, 0) is 52.9 Å². The molecule has 5 nitrogen and oxygen atoms in total. The van der Waals surface area contributed by atoms with Gasteiger partial charge in [-0.25, -0.2) is 0 Å². The Balaban J connectivity index is 1.91. The molecule has 3 N–H and O–H groups in total. The van der Waals surface area contributed by atoms with Crippen molar-refractivity contribution < 1.29 is 24.8 Å². The highest BCUT2D eigenvalue weighted by molar-refractivity contribution is 5.58. The third-order valence-electron chi connectivity index (χ3n) is 5.37. The van der Waals surface area contributed by atoms with Crippen molar-refractivity contribution in [1.29, 1.82) is 0 Å². The Morgan fingerprint density at radius 1 is 1.04 bits per heavy atom.